The molecular formula is C30H30F5N9O. The van der Waals surface area contributed by atoms with Crippen molar-refractivity contribution >= 4 is 22.9 Å². The van der Waals surface area contributed by atoms with Gasteiger partial charge in [0.25, 0.3) is 5.78 Å². The van der Waals surface area contributed by atoms with Crippen molar-refractivity contribution in [3.8, 4) is 0 Å². The molecule has 0 N–H and O–H groups in total. The quantitative estimate of drug-likeness (QED) is 0.242. The molecule has 2 aliphatic heterocycles. The molecule has 7 rings (SSSR count). The van der Waals surface area contributed by atoms with E-state index < -0.39 is 29.5 Å². The van der Waals surface area contributed by atoms with Gasteiger partial charge in [-0.25, -0.2) is 28.1 Å². The highest BCUT2D eigenvalue weighted by atomic mass is 19.4. The summed E-state index contributed by atoms with van der Waals surface area (Å²) in [6.07, 6.45) is 0.190. The first-order valence-corrected chi connectivity index (χ1v) is 14.8. The van der Waals surface area contributed by atoms with E-state index in [0.717, 1.165) is 24.6 Å². The monoisotopic (exact) mass is 627 g/mol. The molecule has 6 heterocycles. The number of ether oxygens (including phenoxy) is 1. The van der Waals surface area contributed by atoms with Crippen molar-refractivity contribution in [3.05, 3.63) is 77.5 Å². The second-order valence-electron chi connectivity index (χ2n) is 11.7. The fourth-order valence-corrected chi connectivity index (χ4v) is 6.53. The molecule has 0 spiro atoms. The van der Waals surface area contributed by atoms with Crippen LogP contribution < -0.4 is 4.90 Å². The van der Waals surface area contributed by atoms with Crippen LogP contribution in [0.4, 0.5) is 27.9 Å². The number of imidazole rings is 1. The van der Waals surface area contributed by atoms with E-state index in [9.17, 15) is 22.0 Å². The van der Waals surface area contributed by atoms with Gasteiger partial charge in [-0.05, 0) is 56.5 Å². The molecule has 0 bridgehead atoms. The topological polar surface area (TPSA) is 89.5 Å². The molecule has 2 saturated heterocycles. The van der Waals surface area contributed by atoms with Gasteiger partial charge in [-0.1, -0.05) is 12.1 Å². The van der Waals surface area contributed by atoms with Gasteiger partial charge in [0.05, 0.1) is 30.6 Å². The molecule has 0 radical (unpaired) electrons. The van der Waals surface area contributed by atoms with E-state index >= 15 is 0 Å². The summed E-state index contributed by atoms with van der Waals surface area (Å²) in [5.74, 6) is -0.771. The lowest BCUT2D eigenvalue weighted by Gasteiger charge is -2.47. The summed E-state index contributed by atoms with van der Waals surface area (Å²) in [4.78, 5) is 17.4. The van der Waals surface area contributed by atoms with Crippen LogP contribution in [-0.4, -0.2) is 76.9 Å². The highest BCUT2D eigenvalue weighted by Crippen LogP contribution is 2.37. The lowest BCUT2D eigenvalue weighted by atomic mass is 9.96. The van der Waals surface area contributed by atoms with Gasteiger partial charge in [0.15, 0.2) is 17.2 Å². The van der Waals surface area contributed by atoms with Gasteiger partial charge < -0.3 is 9.64 Å². The van der Waals surface area contributed by atoms with Gasteiger partial charge in [0.2, 0.25) is 5.95 Å². The highest BCUT2D eigenvalue weighted by molar-refractivity contribution is 5.76. The number of pyridine rings is 1. The number of aromatic nitrogens is 7. The van der Waals surface area contributed by atoms with Crippen molar-refractivity contribution in [2.75, 3.05) is 24.6 Å². The van der Waals surface area contributed by atoms with Gasteiger partial charge in [-0.15, -0.1) is 10.2 Å². The summed E-state index contributed by atoms with van der Waals surface area (Å²) in [6, 6.07) is 6.43. The first-order chi connectivity index (χ1) is 21.6. The van der Waals surface area contributed by atoms with Crippen LogP contribution in [0.5, 0.6) is 0 Å². The number of alkyl halides is 3. The SMILES string of the molecule is C[C@@H]1CN(c2nc3cnc4nncn4c3n2C[C@@H]2CCCO2)[C@@H](C)CN1[C@@H](c1ccc(F)cc1)c1ccc(F)c(C(F)(F)F)n1. The van der Waals surface area contributed by atoms with Crippen LogP contribution in [0.15, 0.2) is 48.9 Å². The standard InChI is InChI=1S/C30H30F5N9O/c1-17-14-42(29-39-24-12-36-28-40-37-16-44(28)27(24)43(29)15-21-4-3-11-45-21)18(2)13-41(17)25(19-5-7-20(31)8-6-19)23-10-9-22(32)26(38-23)30(33,34)35/h5-10,12,16-18,21,25H,3-4,11,13-15H2,1-2H3/t17-,18+,21+,25+/m1/s1. The Kier molecular flexibility index (Phi) is 7.39. The van der Waals surface area contributed by atoms with E-state index in [1.807, 2.05) is 18.7 Å². The fourth-order valence-electron chi connectivity index (χ4n) is 6.53. The Bertz CT molecular complexity index is 1830. The maximum absolute atomic E-state index is 14.3. The van der Waals surface area contributed by atoms with Crippen LogP contribution in [-0.2, 0) is 17.5 Å². The van der Waals surface area contributed by atoms with E-state index in [2.05, 4.69) is 29.6 Å². The van der Waals surface area contributed by atoms with Crippen LogP contribution in [0.2, 0.25) is 0 Å². The van der Waals surface area contributed by atoms with Crippen molar-refractivity contribution in [2.24, 2.45) is 0 Å². The lowest BCUT2D eigenvalue weighted by molar-refractivity contribution is -0.143. The maximum atomic E-state index is 14.3. The normalized spacial score (nSPS) is 22.1. The molecule has 45 heavy (non-hydrogen) atoms. The predicted molar refractivity (Wildman–Crippen MR) is 153 cm³/mol. The number of rotatable bonds is 6. The van der Waals surface area contributed by atoms with Crippen LogP contribution in [0, 0.1) is 11.6 Å². The Balaban J connectivity index is 1.28. The fraction of sp³-hybridized carbons (Fsp3) is 0.433. The Morgan fingerprint density at radius 1 is 1.00 bits per heavy atom. The second kappa shape index (κ2) is 11.3. The van der Waals surface area contributed by atoms with E-state index in [1.54, 1.807) is 16.9 Å². The molecule has 0 aliphatic carbocycles. The van der Waals surface area contributed by atoms with Crippen molar-refractivity contribution in [1.29, 1.82) is 0 Å². The molecule has 1 aromatic carbocycles. The molecule has 0 saturated carbocycles. The number of hydrogen-bond acceptors (Lipinski definition) is 8. The number of hydrogen-bond donors (Lipinski definition) is 0. The van der Waals surface area contributed by atoms with Gasteiger partial charge in [-0.2, -0.15) is 13.2 Å². The Morgan fingerprint density at radius 3 is 2.53 bits per heavy atom. The average Bonchev–Trinajstić information content (AvgIpc) is 3.77. The first kappa shape index (κ1) is 29.5. The smallest absolute Gasteiger partial charge is 0.376 e. The second-order valence-corrected chi connectivity index (χ2v) is 11.7. The number of benzene rings is 1. The summed E-state index contributed by atoms with van der Waals surface area (Å²) >= 11 is 0. The third-order valence-electron chi connectivity index (χ3n) is 8.64. The molecule has 236 valence electrons. The largest absolute Gasteiger partial charge is 0.436 e. The Labute approximate surface area is 254 Å². The maximum Gasteiger partial charge on any atom is 0.436 e. The molecule has 5 aromatic rings. The Morgan fingerprint density at radius 2 is 1.80 bits per heavy atom. The summed E-state index contributed by atoms with van der Waals surface area (Å²) < 4.78 is 79.2. The predicted octanol–water partition coefficient (Wildman–Crippen LogP) is 5.03. The minimum Gasteiger partial charge on any atom is -0.376 e. The average molecular weight is 628 g/mol. The van der Waals surface area contributed by atoms with E-state index in [1.165, 1.54) is 30.3 Å². The van der Waals surface area contributed by atoms with Crippen LogP contribution in [0.1, 0.15) is 49.7 Å². The molecule has 4 aromatic heterocycles. The summed E-state index contributed by atoms with van der Waals surface area (Å²) in [5, 5.41) is 8.12. The summed E-state index contributed by atoms with van der Waals surface area (Å²) in [5.41, 5.74) is 0.440. The van der Waals surface area contributed by atoms with Gasteiger partial charge >= 0.3 is 6.18 Å². The Hall–Kier alpha value is -4.24. The highest BCUT2D eigenvalue weighted by Gasteiger charge is 2.40. The third kappa shape index (κ3) is 5.37. The zero-order valence-corrected chi connectivity index (χ0v) is 24.5. The van der Waals surface area contributed by atoms with E-state index in [0.29, 0.717) is 49.0 Å². The zero-order valence-electron chi connectivity index (χ0n) is 24.5. The van der Waals surface area contributed by atoms with Crippen molar-refractivity contribution in [3.63, 3.8) is 0 Å². The molecule has 4 atom stereocenters. The van der Waals surface area contributed by atoms with Crippen molar-refractivity contribution in [2.45, 2.75) is 63.6 Å². The van der Waals surface area contributed by atoms with Gasteiger partial charge in [0.1, 0.15) is 17.7 Å². The minimum absolute atomic E-state index is 0.00472. The van der Waals surface area contributed by atoms with Crippen molar-refractivity contribution < 1.29 is 26.7 Å². The lowest BCUT2D eigenvalue weighted by Crippen LogP contribution is -2.58. The number of nitrogens with zero attached hydrogens (tertiary/aromatic N) is 9. The molecule has 0 amide bonds. The molecular weight excluding hydrogens is 597 g/mol. The van der Waals surface area contributed by atoms with Crippen LogP contribution in [0.3, 0.4) is 0 Å². The van der Waals surface area contributed by atoms with Crippen LogP contribution in [0.25, 0.3) is 16.9 Å². The molecule has 2 aliphatic rings. The summed E-state index contributed by atoms with van der Waals surface area (Å²) in [7, 11) is 0. The van der Waals surface area contributed by atoms with Crippen LogP contribution >= 0.6 is 0 Å². The van der Waals surface area contributed by atoms with Crippen molar-refractivity contribution in [1.82, 2.24) is 39.0 Å². The zero-order chi connectivity index (χ0) is 31.5. The van der Waals surface area contributed by atoms with Gasteiger partial charge in [0, 0.05) is 31.8 Å². The van der Waals surface area contributed by atoms with E-state index in [-0.39, 0.29) is 23.9 Å². The molecule has 10 nitrogen and oxygen atoms in total. The number of piperazine rings is 1. The van der Waals surface area contributed by atoms with E-state index in [4.69, 9.17) is 9.72 Å². The third-order valence-corrected chi connectivity index (χ3v) is 8.64. The molecule has 0 unspecified atom stereocenters. The van der Waals surface area contributed by atoms with Gasteiger partial charge in [-0.3, -0.25) is 9.47 Å². The number of fused-ring (bicyclic) bond motifs is 3. The first-order valence-electron chi connectivity index (χ1n) is 14.8. The molecule has 15 heteroatoms. The minimum atomic E-state index is -4.97. The summed E-state index contributed by atoms with van der Waals surface area (Å²) in [6.45, 7) is 6.09. The number of halogens is 5. The molecule has 2 fully saturated rings. The number of anilines is 1.